The van der Waals surface area contributed by atoms with Gasteiger partial charge in [-0.3, -0.25) is 9.79 Å². The molecule has 0 unspecified atom stereocenters. The van der Waals surface area contributed by atoms with Crippen LogP contribution >= 0.6 is 0 Å². The third-order valence-corrected chi connectivity index (χ3v) is 2.64. The number of nitrogens with zero attached hydrogens (tertiary/aromatic N) is 1. The normalized spacial score (nSPS) is 9.75. The van der Waals surface area contributed by atoms with Gasteiger partial charge in [-0.1, -0.05) is 17.7 Å². The molecule has 1 amide bonds. The molecule has 5 nitrogen and oxygen atoms in total. The molecule has 0 saturated heterocycles. The van der Waals surface area contributed by atoms with Gasteiger partial charge in [-0.05, 0) is 32.9 Å². The highest BCUT2D eigenvalue weighted by molar-refractivity contribution is 5.94. The molecular weight excluding hydrogens is 252 g/mol. The number of aliphatic imine (C=N–C) groups is 1. The van der Waals surface area contributed by atoms with Crippen molar-refractivity contribution in [2.75, 3.05) is 26.2 Å². The number of amides is 1. The van der Waals surface area contributed by atoms with Gasteiger partial charge in [0.25, 0.3) is 5.91 Å². The maximum atomic E-state index is 11.9. The number of hydrogen-bond donors (Lipinski definition) is 3. The van der Waals surface area contributed by atoms with Gasteiger partial charge in [-0.2, -0.15) is 0 Å². The molecule has 0 aliphatic rings. The van der Waals surface area contributed by atoms with E-state index in [1.54, 1.807) is 0 Å². The fourth-order valence-electron chi connectivity index (χ4n) is 1.73. The average molecular weight is 276 g/mol. The third kappa shape index (κ3) is 5.73. The lowest BCUT2D eigenvalue weighted by Gasteiger charge is -2.09. The lowest BCUT2D eigenvalue weighted by Crippen LogP contribution is -2.37. The highest BCUT2D eigenvalue weighted by Crippen LogP contribution is 2.03. The van der Waals surface area contributed by atoms with Crippen molar-refractivity contribution in [1.82, 2.24) is 16.0 Å². The fraction of sp³-hybridized carbons (Fsp3) is 0.467. The Bertz CT molecular complexity index is 449. The quantitative estimate of drug-likeness (QED) is 0.417. The van der Waals surface area contributed by atoms with E-state index >= 15 is 0 Å². The summed E-state index contributed by atoms with van der Waals surface area (Å²) >= 11 is 0. The van der Waals surface area contributed by atoms with Crippen LogP contribution in [0.25, 0.3) is 0 Å². The summed E-state index contributed by atoms with van der Waals surface area (Å²) in [5.41, 5.74) is 1.77. The summed E-state index contributed by atoms with van der Waals surface area (Å²) in [5, 5.41) is 9.14. The van der Waals surface area contributed by atoms with E-state index in [0.29, 0.717) is 18.7 Å². The summed E-state index contributed by atoms with van der Waals surface area (Å²) < 4.78 is 0. The van der Waals surface area contributed by atoms with Gasteiger partial charge < -0.3 is 16.0 Å². The second kappa shape index (κ2) is 8.96. The number of nitrogens with one attached hydrogen (secondary N) is 3. The molecular formula is C15H24N4O. The molecule has 0 radical (unpaired) electrons. The van der Waals surface area contributed by atoms with Crippen LogP contribution in [0.2, 0.25) is 0 Å². The van der Waals surface area contributed by atoms with Gasteiger partial charge in [0.15, 0.2) is 5.96 Å². The van der Waals surface area contributed by atoms with Gasteiger partial charge in [-0.15, -0.1) is 0 Å². The summed E-state index contributed by atoms with van der Waals surface area (Å²) in [6, 6.07) is 7.55. The summed E-state index contributed by atoms with van der Waals surface area (Å²) in [7, 11) is 0. The van der Waals surface area contributed by atoms with Crippen molar-refractivity contribution in [1.29, 1.82) is 0 Å². The minimum atomic E-state index is -0.0580. The Balaban J connectivity index is 2.39. The molecule has 1 aromatic rings. The van der Waals surface area contributed by atoms with Crippen molar-refractivity contribution in [2.45, 2.75) is 20.8 Å². The minimum absolute atomic E-state index is 0.0580. The van der Waals surface area contributed by atoms with Crippen LogP contribution in [0, 0.1) is 6.92 Å². The SMILES string of the molecule is CCNC(=NCCNC(=O)c1cccc(C)c1)NCC. The molecule has 0 bridgehead atoms. The minimum Gasteiger partial charge on any atom is -0.357 e. The van der Waals surface area contributed by atoms with Gasteiger partial charge in [-0.25, -0.2) is 0 Å². The number of rotatable bonds is 6. The van der Waals surface area contributed by atoms with Crippen molar-refractivity contribution in [2.24, 2.45) is 4.99 Å². The summed E-state index contributed by atoms with van der Waals surface area (Å²) in [6.45, 7) is 8.72. The molecule has 0 spiro atoms. The van der Waals surface area contributed by atoms with Crippen molar-refractivity contribution in [3.8, 4) is 0 Å². The molecule has 0 saturated carbocycles. The van der Waals surface area contributed by atoms with Crippen molar-refractivity contribution < 1.29 is 4.79 Å². The van der Waals surface area contributed by atoms with E-state index < -0.39 is 0 Å². The van der Waals surface area contributed by atoms with Gasteiger partial charge in [0.1, 0.15) is 0 Å². The first-order valence-electron chi connectivity index (χ1n) is 7.04. The Morgan fingerprint density at radius 1 is 1.15 bits per heavy atom. The first kappa shape index (κ1) is 16.0. The van der Waals surface area contributed by atoms with Crippen LogP contribution < -0.4 is 16.0 Å². The summed E-state index contributed by atoms with van der Waals surface area (Å²) in [6.07, 6.45) is 0. The van der Waals surface area contributed by atoms with Gasteiger partial charge in [0.2, 0.25) is 0 Å². The number of hydrogen-bond acceptors (Lipinski definition) is 2. The van der Waals surface area contributed by atoms with Crippen molar-refractivity contribution in [3.63, 3.8) is 0 Å². The van der Waals surface area contributed by atoms with Gasteiger partial charge in [0.05, 0.1) is 6.54 Å². The second-order valence-electron chi connectivity index (χ2n) is 4.42. The van der Waals surface area contributed by atoms with E-state index in [1.165, 1.54) is 0 Å². The Hall–Kier alpha value is -2.04. The lowest BCUT2D eigenvalue weighted by atomic mass is 10.1. The van der Waals surface area contributed by atoms with E-state index in [0.717, 1.165) is 24.6 Å². The number of aryl methyl sites for hydroxylation is 1. The van der Waals surface area contributed by atoms with E-state index in [2.05, 4.69) is 20.9 Å². The zero-order chi connectivity index (χ0) is 14.8. The largest absolute Gasteiger partial charge is 0.357 e. The first-order valence-corrected chi connectivity index (χ1v) is 7.04. The molecule has 0 heterocycles. The topological polar surface area (TPSA) is 65.5 Å². The highest BCUT2D eigenvalue weighted by Gasteiger charge is 2.03. The van der Waals surface area contributed by atoms with Crippen LogP contribution in [-0.4, -0.2) is 38.0 Å². The standard InChI is InChI=1S/C15H24N4O/c1-4-16-15(17-5-2)19-10-9-18-14(20)13-8-6-7-12(3)11-13/h6-8,11H,4-5,9-10H2,1-3H3,(H,18,20)(H2,16,17,19). The number of carbonyl (C=O) groups is 1. The van der Waals surface area contributed by atoms with Crippen LogP contribution in [0.15, 0.2) is 29.3 Å². The van der Waals surface area contributed by atoms with Crippen molar-refractivity contribution >= 4 is 11.9 Å². The Kier molecular flexibility index (Phi) is 7.17. The number of guanidine groups is 1. The molecule has 20 heavy (non-hydrogen) atoms. The lowest BCUT2D eigenvalue weighted by molar-refractivity contribution is 0.0954. The third-order valence-electron chi connectivity index (χ3n) is 2.64. The van der Waals surface area contributed by atoms with Crippen LogP contribution in [0.5, 0.6) is 0 Å². The molecule has 5 heteroatoms. The highest BCUT2D eigenvalue weighted by atomic mass is 16.1. The van der Waals surface area contributed by atoms with E-state index in [9.17, 15) is 4.79 Å². The Morgan fingerprint density at radius 3 is 2.45 bits per heavy atom. The molecule has 1 rings (SSSR count). The molecule has 3 N–H and O–H groups in total. The molecule has 0 aliphatic carbocycles. The second-order valence-corrected chi connectivity index (χ2v) is 4.42. The maximum absolute atomic E-state index is 11.9. The Morgan fingerprint density at radius 2 is 1.85 bits per heavy atom. The predicted molar refractivity (Wildman–Crippen MR) is 83.2 cm³/mol. The van der Waals surface area contributed by atoms with Crippen molar-refractivity contribution in [3.05, 3.63) is 35.4 Å². The van der Waals surface area contributed by atoms with Crippen LogP contribution in [0.1, 0.15) is 29.8 Å². The van der Waals surface area contributed by atoms with Gasteiger partial charge >= 0.3 is 0 Å². The monoisotopic (exact) mass is 276 g/mol. The first-order chi connectivity index (χ1) is 9.67. The van der Waals surface area contributed by atoms with Crippen LogP contribution in [-0.2, 0) is 0 Å². The molecule has 0 aromatic heterocycles. The zero-order valence-electron chi connectivity index (χ0n) is 12.5. The number of carbonyl (C=O) groups excluding carboxylic acids is 1. The average Bonchev–Trinajstić information content (AvgIpc) is 2.43. The van der Waals surface area contributed by atoms with Crippen LogP contribution in [0.3, 0.4) is 0 Å². The van der Waals surface area contributed by atoms with Gasteiger partial charge in [0, 0.05) is 25.2 Å². The number of benzene rings is 1. The molecule has 0 atom stereocenters. The zero-order valence-corrected chi connectivity index (χ0v) is 12.5. The summed E-state index contributed by atoms with van der Waals surface area (Å²) in [5.74, 6) is 0.720. The molecule has 0 fully saturated rings. The van der Waals surface area contributed by atoms with E-state index in [-0.39, 0.29) is 5.91 Å². The molecule has 0 aliphatic heterocycles. The summed E-state index contributed by atoms with van der Waals surface area (Å²) in [4.78, 5) is 16.3. The smallest absolute Gasteiger partial charge is 0.251 e. The fourth-order valence-corrected chi connectivity index (χ4v) is 1.73. The molecule has 110 valence electrons. The van der Waals surface area contributed by atoms with E-state index in [4.69, 9.17) is 0 Å². The molecule has 1 aromatic carbocycles. The predicted octanol–water partition coefficient (Wildman–Crippen LogP) is 1.30. The van der Waals surface area contributed by atoms with E-state index in [1.807, 2.05) is 45.0 Å². The van der Waals surface area contributed by atoms with Crippen LogP contribution in [0.4, 0.5) is 0 Å². The maximum Gasteiger partial charge on any atom is 0.251 e. The Labute approximate surface area is 120 Å².